The highest BCUT2D eigenvalue weighted by Gasteiger charge is 2.29. The van der Waals surface area contributed by atoms with Crippen molar-refractivity contribution in [2.24, 2.45) is 5.92 Å². The molecule has 1 aliphatic rings. The summed E-state index contributed by atoms with van der Waals surface area (Å²) in [5, 5.41) is 0.465. The molecule has 7 heteroatoms. The quantitative estimate of drug-likeness (QED) is 0.731. The molecule has 1 fully saturated rings. The van der Waals surface area contributed by atoms with Crippen LogP contribution in [0.25, 0.3) is 0 Å². The smallest absolute Gasteiger partial charge is 0.206 e. The molecule has 0 amide bonds. The second-order valence-corrected chi connectivity index (χ2v) is 10.1. The Morgan fingerprint density at radius 2 is 2.20 bits per heavy atom. The van der Waals surface area contributed by atoms with Gasteiger partial charge in [0.15, 0.2) is 0 Å². The monoisotopic (exact) mass is 399 g/mol. The average Bonchev–Trinajstić information content (AvgIpc) is 2.63. The van der Waals surface area contributed by atoms with Crippen LogP contribution >= 0.6 is 38.9 Å². The van der Waals surface area contributed by atoms with Gasteiger partial charge in [-0.2, -0.15) is 4.31 Å². The minimum absolute atomic E-state index is 0.336. The molecule has 1 unspecified atom stereocenters. The fraction of sp³-hybridized carbons (Fsp3) is 0.692. The lowest BCUT2D eigenvalue weighted by atomic mass is 9.96. The minimum atomic E-state index is -3.39. The van der Waals surface area contributed by atoms with Gasteiger partial charge in [-0.25, -0.2) is 8.42 Å². The van der Waals surface area contributed by atoms with Crippen LogP contribution in [0.4, 0.5) is 0 Å². The van der Waals surface area contributed by atoms with E-state index >= 15 is 0 Å². The summed E-state index contributed by atoms with van der Waals surface area (Å²) in [4.78, 5) is 0. The van der Waals surface area contributed by atoms with Gasteiger partial charge in [-0.15, -0.1) is 11.3 Å². The van der Waals surface area contributed by atoms with Crippen molar-refractivity contribution in [3.05, 3.63) is 14.9 Å². The molecule has 3 nitrogen and oxygen atoms in total. The molecule has 0 aliphatic carbocycles. The van der Waals surface area contributed by atoms with Crippen LogP contribution in [0.3, 0.4) is 0 Å². The van der Waals surface area contributed by atoms with Crippen molar-refractivity contribution in [1.29, 1.82) is 0 Å². The lowest BCUT2D eigenvalue weighted by molar-refractivity contribution is 0.400. The third kappa shape index (κ3) is 3.77. The summed E-state index contributed by atoms with van der Waals surface area (Å²) in [6.45, 7) is 3.43. The molecule has 1 atom stereocenters. The molecule has 1 aromatic heterocycles. The summed E-state index contributed by atoms with van der Waals surface area (Å²) in [7, 11) is -3.39. The fourth-order valence-electron chi connectivity index (χ4n) is 2.66. The van der Waals surface area contributed by atoms with Gasteiger partial charge in [-0.1, -0.05) is 31.4 Å². The molecular weight excluding hydrogens is 382 g/mol. The van der Waals surface area contributed by atoms with Crippen molar-refractivity contribution < 1.29 is 8.42 Å². The Hall–Kier alpha value is 0.380. The second kappa shape index (κ2) is 7.09. The van der Waals surface area contributed by atoms with E-state index in [1.807, 2.05) is 0 Å². The molecule has 1 aromatic rings. The molecule has 20 heavy (non-hydrogen) atoms. The lowest BCUT2D eigenvalue weighted by Crippen LogP contribution is -2.31. The Kier molecular flexibility index (Phi) is 5.94. The van der Waals surface area contributed by atoms with Gasteiger partial charge in [0.05, 0.1) is 8.81 Å². The number of thiophene rings is 1. The van der Waals surface area contributed by atoms with E-state index in [4.69, 9.17) is 11.6 Å². The van der Waals surface area contributed by atoms with Crippen LogP contribution < -0.4 is 0 Å². The van der Waals surface area contributed by atoms with Gasteiger partial charge in [-0.3, -0.25) is 0 Å². The van der Waals surface area contributed by atoms with Crippen LogP contribution in [0.1, 0.15) is 39.0 Å². The normalized spacial score (nSPS) is 21.9. The number of hydrogen-bond acceptors (Lipinski definition) is 3. The maximum atomic E-state index is 12.6. The molecule has 114 valence electrons. The predicted octanol–water partition coefficient (Wildman–Crippen LogP) is 4.75. The Balaban J connectivity index is 2.13. The van der Waals surface area contributed by atoms with E-state index in [-0.39, 0.29) is 0 Å². The molecule has 0 bridgehead atoms. The SMILES string of the molecule is CCCC1CCCN(S(=O)(=O)c2cc(Cl)c(Br)s2)CC1. The van der Waals surface area contributed by atoms with E-state index in [0.717, 1.165) is 19.3 Å². The first-order valence-corrected chi connectivity index (χ1v) is 10.3. The van der Waals surface area contributed by atoms with Crippen molar-refractivity contribution in [3.8, 4) is 0 Å². The second-order valence-electron chi connectivity index (χ2n) is 5.18. The number of rotatable bonds is 4. The van der Waals surface area contributed by atoms with E-state index in [9.17, 15) is 8.42 Å². The van der Waals surface area contributed by atoms with Crippen LogP contribution in [-0.2, 0) is 10.0 Å². The Labute approximate surface area is 138 Å². The maximum absolute atomic E-state index is 12.6. The molecule has 0 spiro atoms. The van der Waals surface area contributed by atoms with Crippen molar-refractivity contribution in [3.63, 3.8) is 0 Å². The summed E-state index contributed by atoms with van der Waals surface area (Å²) in [6.07, 6.45) is 5.42. The van der Waals surface area contributed by atoms with Gasteiger partial charge in [0, 0.05) is 13.1 Å². The average molecular weight is 401 g/mol. The highest BCUT2D eigenvalue weighted by atomic mass is 79.9. The number of hydrogen-bond donors (Lipinski definition) is 0. The summed E-state index contributed by atoms with van der Waals surface area (Å²) in [6, 6.07) is 1.54. The standard InChI is InChI=1S/C13H19BrClNO2S2/c1-2-4-10-5-3-7-16(8-6-10)20(17,18)12-9-11(15)13(14)19-12/h9-10H,2-8H2,1H3. The summed E-state index contributed by atoms with van der Waals surface area (Å²) < 4.78 is 27.9. The molecule has 2 rings (SSSR count). The van der Waals surface area contributed by atoms with Gasteiger partial charge in [0.2, 0.25) is 0 Å². The zero-order valence-corrected chi connectivity index (χ0v) is 15.4. The van der Waals surface area contributed by atoms with Crippen LogP contribution in [0.15, 0.2) is 14.1 Å². The number of halogens is 2. The lowest BCUT2D eigenvalue weighted by Gasteiger charge is -2.19. The molecule has 1 aliphatic heterocycles. The van der Waals surface area contributed by atoms with Crippen LogP contribution in [0.2, 0.25) is 5.02 Å². The zero-order valence-electron chi connectivity index (χ0n) is 11.4. The van der Waals surface area contributed by atoms with Gasteiger partial charge < -0.3 is 0 Å². The molecular formula is C13H19BrClNO2S2. The Bertz CT molecular complexity index is 539. The highest BCUT2D eigenvalue weighted by molar-refractivity contribution is 9.11. The zero-order chi connectivity index (χ0) is 14.8. The molecule has 1 saturated heterocycles. The largest absolute Gasteiger partial charge is 0.252 e. The first-order chi connectivity index (χ1) is 9.45. The summed E-state index contributed by atoms with van der Waals surface area (Å²) >= 11 is 10.4. The van der Waals surface area contributed by atoms with E-state index in [1.54, 1.807) is 10.4 Å². The first kappa shape index (κ1) is 16.7. The molecule has 0 aromatic carbocycles. The van der Waals surface area contributed by atoms with Crippen molar-refractivity contribution in [2.75, 3.05) is 13.1 Å². The van der Waals surface area contributed by atoms with E-state index < -0.39 is 10.0 Å². The van der Waals surface area contributed by atoms with Crippen molar-refractivity contribution >= 4 is 48.9 Å². The van der Waals surface area contributed by atoms with E-state index in [2.05, 4.69) is 22.9 Å². The van der Waals surface area contributed by atoms with Crippen molar-refractivity contribution in [2.45, 2.75) is 43.2 Å². The Morgan fingerprint density at radius 1 is 1.45 bits per heavy atom. The number of sulfonamides is 1. The van der Waals surface area contributed by atoms with Gasteiger partial charge in [0.25, 0.3) is 10.0 Å². The molecule has 0 radical (unpaired) electrons. The van der Waals surface area contributed by atoms with Gasteiger partial charge in [0.1, 0.15) is 4.21 Å². The third-order valence-corrected chi connectivity index (χ3v) is 8.54. The van der Waals surface area contributed by atoms with Crippen LogP contribution in [0, 0.1) is 5.92 Å². The topological polar surface area (TPSA) is 37.4 Å². The van der Waals surface area contributed by atoms with Gasteiger partial charge in [-0.05, 0) is 47.2 Å². The molecule has 0 saturated carbocycles. The molecule has 0 N–H and O–H groups in total. The van der Waals surface area contributed by atoms with Gasteiger partial charge >= 0.3 is 0 Å². The third-order valence-electron chi connectivity index (χ3n) is 3.72. The molecule has 2 heterocycles. The Morgan fingerprint density at radius 3 is 2.80 bits per heavy atom. The highest BCUT2D eigenvalue weighted by Crippen LogP contribution is 2.36. The minimum Gasteiger partial charge on any atom is -0.206 e. The fourth-order valence-corrected chi connectivity index (χ4v) is 6.70. The van der Waals surface area contributed by atoms with Crippen molar-refractivity contribution in [1.82, 2.24) is 4.31 Å². The predicted molar refractivity (Wildman–Crippen MR) is 88.0 cm³/mol. The maximum Gasteiger partial charge on any atom is 0.252 e. The van der Waals surface area contributed by atoms with E-state index in [1.165, 1.54) is 24.2 Å². The summed E-state index contributed by atoms with van der Waals surface area (Å²) in [5.41, 5.74) is 0. The summed E-state index contributed by atoms with van der Waals surface area (Å²) in [5.74, 6) is 0.666. The number of nitrogens with zero attached hydrogens (tertiary/aromatic N) is 1. The first-order valence-electron chi connectivity index (χ1n) is 6.90. The van der Waals surface area contributed by atoms with Crippen LogP contribution in [0.5, 0.6) is 0 Å². The van der Waals surface area contributed by atoms with E-state index in [0.29, 0.717) is 32.0 Å². The van der Waals surface area contributed by atoms with Crippen LogP contribution in [-0.4, -0.2) is 25.8 Å².